The maximum Gasteiger partial charge on any atom is 0.421 e. The molecule has 3 N–H and O–H groups in total. The van der Waals surface area contributed by atoms with E-state index in [-0.39, 0.29) is 45.4 Å². The Morgan fingerprint density at radius 1 is 0.667 bits per heavy atom. The molecule has 0 fully saturated rings. The fourth-order valence-corrected chi connectivity index (χ4v) is 5.23. The lowest BCUT2D eigenvalue weighted by Gasteiger charge is -2.31. The molecule has 45 heavy (non-hydrogen) atoms. The number of carbonyl (C=O) groups excluding carboxylic acids is 2. The van der Waals surface area contributed by atoms with Crippen molar-refractivity contribution in [1.82, 2.24) is 0 Å². The number of hydrogen-bond acceptors (Lipinski definition) is 5. The van der Waals surface area contributed by atoms with E-state index in [2.05, 4.69) is 0 Å². The first-order chi connectivity index (χ1) is 20.4. The van der Waals surface area contributed by atoms with Crippen molar-refractivity contribution in [2.75, 3.05) is 0 Å². The van der Waals surface area contributed by atoms with Crippen LogP contribution < -0.4 is 0 Å². The summed E-state index contributed by atoms with van der Waals surface area (Å²) in [5.41, 5.74) is -8.32. The van der Waals surface area contributed by atoms with Gasteiger partial charge in [-0.2, -0.15) is 26.3 Å². The molecule has 0 amide bonds. The van der Waals surface area contributed by atoms with Gasteiger partial charge in [0.15, 0.2) is 22.8 Å². The largest absolute Gasteiger partial charge is 0.478 e. The Bertz CT molecular complexity index is 1680. The number of ketones is 2. The average molecular weight is 639 g/mol. The molecule has 2 unspecified atom stereocenters. The third kappa shape index (κ3) is 6.67. The minimum absolute atomic E-state index is 0.00914. The van der Waals surface area contributed by atoms with Gasteiger partial charge in [-0.3, -0.25) is 9.59 Å². The lowest BCUT2D eigenvalue weighted by Crippen LogP contribution is -2.40. The van der Waals surface area contributed by atoms with Crippen LogP contribution in [0, 0.1) is 20.8 Å². The molecule has 0 aromatic heterocycles. The van der Waals surface area contributed by atoms with Crippen molar-refractivity contribution in [3.63, 3.8) is 0 Å². The summed E-state index contributed by atoms with van der Waals surface area (Å²) in [7, 11) is 0. The number of rotatable bonds is 9. The molecular weight excluding hydrogens is 606 g/mol. The molecule has 3 aromatic carbocycles. The summed E-state index contributed by atoms with van der Waals surface area (Å²) in [4.78, 5) is 37.2. The van der Waals surface area contributed by atoms with Gasteiger partial charge in [0, 0.05) is 24.0 Å². The molecule has 3 rings (SSSR count). The van der Waals surface area contributed by atoms with Crippen molar-refractivity contribution in [1.29, 1.82) is 0 Å². The van der Waals surface area contributed by atoms with E-state index < -0.39 is 64.2 Å². The molecule has 2 atom stereocenters. The van der Waals surface area contributed by atoms with Crippen LogP contribution in [0.3, 0.4) is 0 Å². The van der Waals surface area contributed by atoms with Crippen molar-refractivity contribution in [2.24, 2.45) is 0 Å². The summed E-state index contributed by atoms with van der Waals surface area (Å²) < 4.78 is 83.8. The van der Waals surface area contributed by atoms with Gasteiger partial charge < -0.3 is 15.3 Å². The quantitative estimate of drug-likeness (QED) is 0.165. The molecule has 12 heteroatoms. The Hall–Kier alpha value is -4.03. The molecule has 0 saturated carbocycles. The van der Waals surface area contributed by atoms with Crippen molar-refractivity contribution in [3.05, 3.63) is 92.5 Å². The van der Waals surface area contributed by atoms with Crippen LogP contribution in [0.25, 0.3) is 11.1 Å². The van der Waals surface area contributed by atoms with E-state index in [0.29, 0.717) is 19.4 Å². The Kier molecular flexibility index (Phi) is 9.49. The molecule has 0 spiro atoms. The zero-order valence-corrected chi connectivity index (χ0v) is 25.3. The van der Waals surface area contributed by atoms with E-state index in [1.165, 1.54) is 45.9 Å². The van der Waals surface area contributed by atoms with Crippen LogP contribution >= 0.6 is 0 Å². The smallest absolute Gasteiger partial charge is 0.421 e. The lowest BCUT2D eigenvalue weighted by molar-refractivity contribution is -0.259. The first-order valence-corrected chi connectivity index (χ1v) is 13.7. The fraction of sp³-hybridized carbons (Fsp3) is 0.364. The molecule has 0 radical (unpaired) electrons. The summed E-state index contributed by atoms with van der Waals surface area (Å²) in [5, 5.41) is 30.7. The van der Waals surface area contributed by atoms with Crippen LogP contribution in [0.15, 0.2) is 42.5 Å². The number of Topliss-reactive ketones (excluding diaryl/α,β-unsaturated/α-hetero) is 2. The van der Waals surface area contributed by atoms with Gasteiger partial charge in [0.2, 0.25) is 0 Å². The predicted molar refractivity (Wildman–Crippen MR) is 153 cm³/mol. The number of carbonyl (C=O) groups is 3. The van der Waals surface area contributed by atoms with E-state index in [1.54, 1.807) is 0 Å². The highest BCUT2D eigenvalue weighted by Gasteiger charge is 2.53. The van der Waals surface area contributed by atoms with Crippen LogP contribution in [-0.2, 0) is 17.6 Å². The summed E-state index contributed by atoms with van der Waals surface area (Å²) in [5.74, 6) is -2.79. The van der Waals surface area contributed by atoms with Crippen molar-refractivity contribution in [2.45, 2.75) is 77.9 Å². The molecule has 0 aliphatic carbocycles. The molecule has 3 aromatic rings. The topological polar surface area (TPSA) is 112 Å². The molecule has 0 aliphatic heterocycles. The normalized spacial score (nSPS) is 14.9. The number of aryl methyl sites for hydroxylation is 3. The van der Waals surface area contributed by atoms with E-state index in [1.807, 2.05) is 0 Å². The standard InChI is InChI=1S/C33H32F6O6/c1-7-27(40)21-9-8-19(12-24(21)29(42)43)28(41)13-20-11-17(3)23(15-26(20)31(6,45)33(37,38)39)22-14-25(18(4)10-16(22)2)30(5,44)32(34,35)36/h8-12,14-15,44-45H,7,13H2,1-6H3,(H,42,43). The van der Waals surface area contributed by atoms with E-state index >= 15 is 0 Å². The monoisotopic (exact) mass is 638 g/mol. The van der Waals surface area contributed by atoms with Crippen molar-refractivity contribution < 1.29 is 56.0 Å². The van der Waals surface area contributed by atoms with Gasteiger partial charge >= 0.3 is 18.3 Å². The highest BCUT2D eigenvalue weighted by Crippen LogP contribution is 2.45. The number of benzene rings is 3. The van der Waals surface area contributed by atoms with Gasteiger partial charge in [-0.1, -0.05) is 25.1 Å². The minimum Gasteiger partial charge on any atom is -0.478 e. The van der Waals surface area contributed by atoms with Crippen LogP contribution in [0.2, 0.25) is 0 Å². The summed E-state index contributed by atoms with van der Waals surface area (Å²) >= 11 is 0. The molecule has 242 valence electrons. The molecule has 0 aliphatic rings. The van der Waals surface area contributed by atoms with Crippen molar-refractivity contribution in [3.8, 4) is 11.1 Å². The first-order valence-electron chi connectivity index (χ1n) is 13.7. The molecule has 0 saturated heterocycles. The van der Waals surface area contributed by atoms with Crippen LogP contribution in [0.5, 0.6) is 0 Å². The molecule has 0 heterocycles. The number of aliphatic hydroxyl groups is 2. The van der Waals surface area contributed by atoms with Gasteiger partial charge in [-0.05, 0) is 103 Å². The highest BCUT2D eigenvalue weighted by atomic mass is 19.4. The predicted octanol–water partition coefficient (Wildman–Crippen LogP) is 7.53. The lowest BCUT2D eigenvalue weighted by atomic mass is 9.81. The molecule has 0 bridgehead atoms. The fourth-order valence-electron chi connectivity index (χ4n) is 5.23. The first kappa shape index (κ1) is 35.4. The summed E-state index contributed by atoms with van der Waals surface area (Å²) in [6.07, 6.45) is -11.0. The number of alkyl halides is 6. The SMILES string of the molecule is CCC(=O)c1ccc(C(=O)Cc2cc(C)c(-c3cc(C(C)(O)C(F)(F)F)c(C)cc3C)cc2C(C)(O)C(F)(F)F)cc1C(=O)O. The van der Waals surface area contributed by atoms with Gasteiger partial charge in [0.25, 0.3) is 0 Å². The zero-order chi connectivity index (χ0) is 34.4. The Morgan fingerprint density at radius 3 is 1.64 bits per heavy atom. The summed E-state index contributed by atoms with van der Waals surface area (Å²) in [6, 6.07) is 7.86. The number of aromatic carboxylic acids is 1. The minimum atomic E-state index is -5.25. The van der Waals surface area contributed by atoms with E-state index in [4.69, 9.17) is 0 Å². The number of carboxylic acids is 1. The molecule has 6 nitrogen and oxygen atoms in total. The van der Waals surface area contributed by atoms with Crippen LogP contribution in [0.4, 0.5) is 26.3 Å². The summed E-state index contributed by atoms with van der Waals surface area (Å²) in [6.45, 7) is 6.91. The zero-order valence-electron chi connectivity index (χ0n) is 25.3. The van der Waals surface area contributed by atoms with Gasteiger partial charge in [-0.15, -0.1) is 0 Å². The van der Waals surface area contributed by atoms with Gasteiger partial charge in [0.05, 0.1) is 5.56 Å². The maximum atomic E-state index is 14.2. The van der Waals surface area contributed by atoms with E-state index in [0.717, 1.165) is 24.3 Å². The molecular formula is C33H32F6O6. The van der Waals surface area contributed by atoms with Crippen LogP contribution in [0.1, 0.15) is 91.6 Å². The third-order valence-electron chi connectivity index (χ3n) is 8.01. The maximum absolute atomic E-state index is 14.2. The Morgan fingerprint density at radius 2 is 1.16 bits per heavy atom. The number of halogens is 6. The van der Waals surface area contributed by atoms with Gasteiger partial charge in [0.1, 0.15) is 0 Å². The second-order valence-electron chi connectivity index (χ2n) is 11.4. The van der Waals surface area contributed by atoms with E-state index in [9.17, 15) is 56.0 Å². The highest BCUT2D eigenvalue weighted by molar-refractivity contribution is 6.08. The van der Waals surface area contributed by atoms with Gasteiger partial charge in [-0.25, -0.2) is 4.79 Å². The Balaban J connectivity index is 2.26. The second-order valence-corrected chi connectivity index (χ2v) is 11.4. The van der Waals surface area contributed by atoms with Crippen molar-refractivity contribution >= 4 is 17.5 Å². The second kappa shape index (κ2) is 12.1. The third-order valence-corrected chi connectivity index (χ3v) is 8.01. The number of carboxylic acid groups (broad SMARTS) is 1. The van der Waals surface area contributed by atoms with Crippen LogP contribution in [-0.4, -0.2) is 45.2 Å². The Labute approximate surface area is 255 Å². The average Bonchev–Trinajstić information content (AvgIpc) is 2.91. The number of hydrogen-bond donors (Lipinski definition) is 3.